The summed E-state index contributed by atoms with van der Waals surface area (Å²) in [6.07, 6.45) is 0. The summed E-state index contributed by atoms with van der Waals surface area (Å²) in [4.78, 5) is 4.52. The van der Waals surface area contributed by atoms with Crippen molar-refractivity contribution < 1.29 is 9.47 Å². The summed E-state index contributed by atoms with van der Waals surface area (Å²) in [5, 5.41) is 4.15. The number of hydrogen-bond acceptors (Lipinski definition) is 5. The Balaban J connectivity index is 2.24. The van der Waals surface area contributed by atoms with Gasteiger partial charge < -0.3 is 14.8 Å². The number of nitrogens with one attached hydrogen (secondary N) is 1. The standard InChI is InChI=1S/C12H16N2O2S/c1-8-6-9-11(7-10(8)16-3)17-12(14-9)13-4-5-15-2/h6-7H,4-5H2,1-3H3,(H,13,14). The molecule has 2 aromatic rings. The van der Waals surface area contributed by atoms with E-state index in [1.807, 2.05) is 19.1 Å². The van der Waals surface area contributed by atoms with Gasteiger partial charge in [0.2, 0.25) is 0 Å². The van der Waals surface area contributed by atoms with Crippen LogP contribution in [0.15, 0.2) is 12.1 Å². The highest BCUT2D eigenvalue weighted by Gasteiger charge is 2.07. The van der Waals surface area contributed by atoms with Crippen LogP contribution in [0, 0.1) is 6.92 Å². The first-order valence-electron chi connectivity index (χ1n) is 5.42. The second-order valence-corrected chi connectivity index (χ2v) is 4.76. The number of nitrogens with zero attached hydrogens (tertiary/aromatic N) is 1. The van der Waals surface area contributed by atoms with Crippen LogP contribution in [0.25, 0.3) is 10.2 Å². The molecule has 2 rings (SSSR count). The molecule has 4 nitrogen and oxygen atoms in total. The van der Waals surface area contributed by atoms with E-state index in [0.29, 0.717) is 6.61 Å². The van der Waals surface area contributed by atoms with Crippen LogP contribution in [-0.4, -0.2) is 32.4 Å². The van der Waals surface area contributed by atoms with Gasteiger partial charge in [-0.1, -0.05) is 11.3 Å². The van der Waals surface area contributed by atoms with E-state index < -0.39 is 0 Å². The van der Waals surface area contributed by atoms with Gasteiger partial charge in [-0.15, -0.1) is 0 Å². The zero-order chi connectivity index (χ0) is 12.3. The molecule has 17 heavy (non-hydrogen) atoms. The molecule has 0 saturated heterocycles. The van der Waals surface area contributed by atoms with E-state index in [1.54, 1.807) is 25.6 Å². The maximum Gasteiger partial charge on any atom is 0.183 e. The molecule has 0 aliphatic rings. The molecule has 0 aliphatic carbocycles. The zero-order valence-corrected chi connectivity index (χ0v) is 11.1. The third-order valence-corrected chi connectivity index (χ3v) is 3.46. The molecule has 92 valence electrons. The predicted molar refractivity (Wildman–Crippen MR) is 71.3 cm³/mol. The van der Waals surface area contributed by atoms with E-state index in [4.69, 9.17) is 9.47 Å². The quantitative estimate of drug-likeness (QED) is 0.831. The monoisotopic (exact) mass is 252 g/mol. The van der Waals surface area contributed by atoms with Crippen molar-refractivity contribution in [2.75, 3.05) is 32.7 Å². The molecule has 1 aromatic heterocycles. The average molecular weight is 252 g/mol. The number of anilines is 1. The minimum absolute atomic E-state index is 0.679. The van der Waals surface area contributed by atoms with Crippen LogP contribution in [0.3, 0.4) is 0 Å². The van der Waals surface area contributed by atoms with Crippen LogP contribution >= 0.6 is 11.3 Å². The Hall–Kier alpha value is -1.33. The fourth-order valence-electron chi connectivity index (χ4n) is 1.62. The van der Waals surface area contributed by atoms with E-state index >= 15 is 0 Å². The smallest absolute Gasteiger partial charge is 0.183 e. The number of benzene rings is 1. The lowest BCUT2D eigenvalue weighted by Crippen LogP contribution is -2.06. The van der Waals surface area contributed by atoms with Gasteiger partial charge in [0.25, 0.3) is 0 Å². The Labute approximate surface area is 105 Å². The van der Waals surface area contributed by atoms with Crippen molar-refractivity contribution in [2.45, 2.75) is 6.92 Å². The van der Waals surface area contributed by atoms with Gasteiger partial charge in [0.1, 0.15) is 5.75 Å². The van der Waals surface area contributed by atoms with Crippen molar-refractivity contribution in [1.29, 1.82) is 0 Å². The number of methoxy groups -OCH3 is 2. The Kier molecular flexibility index (Phi) is 3.81. The second kappa shape index (κ2) is 5.33. The molecule has 0 unspecified atom stereocenters. The Morgan fingerprint density at radius 1 is 1.35 bits per heavy atom. The molecule has 5 heteroatoms. The van der Waals surface area contributed by atoms with Crippen molar-refractivity contribution in [2.24, 2.45) is 0 Å². The number of rotatable bonds is 5. The van der Waals surface area contributed by atoms with Crippen LogP contribution in [0.4, 0.5) is 5.13 Å². The molecule has 1 aromatic carbocycles. The first-order chi connectivity index (χ1) is 8.24. The molecule has 0 saturated carbocycles. The maximum absolute atomic E-state index is 5.30. The minimum Gasteiger partial charge on any atom is -0.496 e. The third-order valence-electron chi connectivity index (χ3n) is 2.49. The summed E-state index contributed by atoms with van der Waals surface area (Å²) in [7, 11) is 3.38. The Morgan fingerprint density at radius 2 is 2.18 bits per heavy atom. The Bertz CT molecular complexity index is 510. The lowest BCUT2D eigenvalue weighted by Gasteiger charge is -2.02. The molecule has 0 spiro atoms. The van der Waals surface area contributed by atoms with E-state index in [2.05, 4.69) is 10.3 Å². The van der Waals surface area contributed by atoms with Gasteiger partial charge in [-0.25, -0.2) is 4.98 Å². The fraction of sp³-hybridized carbons (Fsp3) is 0.417. The molecule has 0 fully saturated rings. The van der Waals surface area contributed by atoms with Gasteiger partial charge in [0.05, 0.1) is 23.9 Å². The van der Waals surface area contributed by atoms with E-state index in [-0.39, 0.29) is 0 Å². The predicted octanol–water partition coefficient (Wildman–Crippen LogP) is 2.67. The van der Waals surface area contributed by atoms with Crippen molar-refractivity contribution in [3.63, 3.8) is 0 Å². The lowest BCUT2D eigenvalue weighted by molar-refractivity contribution is 0.211. The van der Waals surface area contributed by atoms with Crippen LogP contribution in [-0.2, 0) is 4.74 Å². The second-order valence-electron chi connectivity index (χ2n) is 3.73. The van der Waals surface area contributed by atoms with Crippen molar-refractivity contribution in [3.05, 3.63) is 17.7 Å². The number of aryl methyl sites for hydroxylation is 1. The van der Waals surface area contributed by atoms with Crippen LogP contribution in [0.2, 0.25) is 0 Å². The molecule has 0 radical (unpaired) electrons. The summed E-state index contributed by atoms with van der Waals surface area (Å²) in [5.74, 6) is 0.907. The highest BCUT2D eigenvalue weighted by molar-refractivity contribution is 7.22. The van der Waals surface area contributed by atoms with Gasteiger partial charge in [0, 0.05) is 13.7 Å². The minimum atomic E-state index is 0.679. The first-order valence-corrected chi connectivity index (χ1v) is 6.24. The van der Waals surface area contributed by atoms with Gasteiger partial charge in [-0.2, -0.15) is 0 Å². The summed E-state index contributed by atoms with van der Waals surface area (Å²) in [6, 6.07) is 4.08. The van der Waals surface area contributed by atoms with E-state index in [9.17, 15) is 0 Å². The number of fused-ring (bicyclic) bond motifs is 1. The lowest BCUT2D eigenvalue weighted by atomic mass is 10.2. The molecular weight excluding hydrogens is 236 g/mol. The largest absolute Gasteiger partial charge is 0.496 e. The number of ether oxygens (including phenoxy) is 2. The summed E-state index contributed by atoms with van der Waals surface area (Å²) >= 11 is 1.63. The van der Waals surface area contributed by atoms with Crippen LogP contribution in [0.1, 0.15) is 5.56 Å². The van der Waals surface area contributed by atoms with Gasteiger partial charge >= 0.3 is 0 Å². The van der Waals surface area contributed by atoms with Gasteiger partial charge in [-0.05, 0) is 24.6 Å². The van der Waals surface area contributed by atoms with Crippen molar-refractivity contribution in [3.8, 4) is 5.75 Å². The summed E-state index contributed by atoms with van der Waals surface area (Å²) < 4.78 is 11.4. The fourth-order valence-corrected chi connectivity index (χ4v) is 2.52. The summed E-state index contributed by atoms with van der Waals surface area (Å²) in [5.41, 5.74) is 2.11. The van der Waals surface area contributed by atoms with E-state index in [1.165, 1.54) is 0 Å². The highest BCUT2D eigenvalue weighted by atomic mass is 32.1. The van der Waals surface area contributed by atoms with E-state index in [0.717, 1.165) is 33.2 Å². The first kappa shape index (κ1) is 12.1. The maximum atomic E-state index is 5.30. The molecule has 0 atom stereocenters. The molecular formula is C12H16N2O2S. The molecule has 0 aliphatic heterocycles. The topological polar surface area (TPSA) is 43.4 Å². The third kappa shape index (κ3) is 2.68. The molecule has 1 N–H and O–H groups in total. The molecule has 1 heterocycles. The van der Waals surface area contributed by atoms with Crippen LogP contribution < -0.4 is 10.1 Å². The average Bonchev–Trinajstić information content (AvgIpc) is 2.70. The van der Waals surface area contributed by atoms with Gasteiger partial charge in [-0.3, -0.25) is 0 Å². The van der Waals surface area contributed by atoms with Crippen molar-refractivity contribution >= 4 is 26.7 Å². The normalized spacial score (nSPS) is 10.8. The SMILES string of the molecule is COCCNc1nc2cc(C)c(OC)cc2s1. The number of hydrogen-bond donors (Lipinski definition) is 1. The Morgan fingerprint density at radius 3 is 2.88 bits per heavy atom. The number of aromatic nitrogens is 1. The van der Waals surface area contributed by atoms with Gasteiger partial charge in [0.15, 0.2) is 5.13 Å². The van der Waals surface area contributed by atoms with Crippen molar-refractivity contribution in [1.82, 2.24) is 4.98 Å². The zero-order valence-electron chi connectivity index (χ0n) is 10.2. The van der Waals surface area contributed by atoms with Crippen LogP contribution in [0.5, 0.6) is 5.75 Å². The highest BCUT2D eigenvalue weighted by Crippen LogP contribution is 2.31. The summed E-state index contributed by atoms with van der Waals surface area (Å²) in [6.45, 7) is 3.47. The molecule has 0 amide bonds. The molecule has 0 bridgehead atoms. The number of thiazole rings is 1.